The van der Waals surface area contributed by atoms with E-state index in [4.69, 9.17) is 5.73 Å². The summed E-state index contributed by atoms with van der Waals surface area (Å²) in [7, 11) is 1.94. The molecule has 2 fully saturated rings. The summed E-state index contributed by atoms with van der Waals surface area (Å²) in [5.41, 5.74) is 8.47. The molecule has 0 bridgehead atoms. The fourth-order valence-corrected chi connectivity index (χ4v) is 4.92. The van der Waals surface area contributed by atoms with E-state index in [1.807, 2.05) is 11.7 Å². The van der Waals surface area contributed by atoms with Crippen LogP contribution in [0, 0.1) is 3.57 Å². The lowest BCUT2D eigenvalue weighted by molar-refractivity contribution is -0.129. The molecule has 0 aliphatic carbocycles. The van der Waals surface area contributed by atoms with Crippen LogP contribution >= 0.6 is 22.6 Å². The number of carbonyl (C=O) groups excluding carboxylic acids is 1. The van der Waals surface area contributed by atoms with E-state index < -0.39 is 0 Å². The highest BCUT2D eigenvalue weighted by molar-refractivity contribution is 14.1. The highest BCUT2D eigenvalue weighted by atomic mass is 127. The summed E-state index contributed by atoms with van der Waals surface area (Å²) < 4.78 is 3.03. The molecule has 2 aliphatic rings. The number of halogens is 1. The number of piperidine rings is 1. The number of nitrogen functional groups attached to an aromatic ring is 1. The Labute approximate surface area is 143 Å². The van der Waals surface area contributed by atoms with Gasteiger partial charge in [-0.05, 0) is 65.5 Å². The largest absolute Gasteiger partial charge is 0.382 e. The molecule has 2 aliphatic heterocycles. The van der Waals surface area contributed by atoms with Gasteiger partial charge in [0, 0.05) is 29.6 Å². The van der Waals surface area contributed by atoms with Crippen LogP contribution in [0.15, 0.2) is 12.1 Å². The molecule has 1 amide bonds. The number of fused-ring (bicyclic) bond motifs is 2. The van der Waals surface area contributed by atoms with E-state index in [0.29, 0.717) is 23.7 Å². The Balaban J connectivity index is 1.70. The molecule has 0 saturated carbocycles. The monoisotopic (exact) mass is 410 g/mol. The second kappa shape index (κ2) is 5.11. The number of aromatic nitrogens is 2. The quantitative estimate of drug-likeness (QED) is 0.736. The van der Waals surface area contributed by atoms with E-state index in [0.717, 1.165) is 43.1 Å². The summed E-state index contributed by atoms with van der Waals surface area (Å²) in [6.07, 6.45) is 3.89. The van der Waals surface area contributed by atoms with Gasteiger partial charge < -0.3 is 10.6 Å². The number of aryl methyl sites for hydroxylation is 1. The minimum atomic E-state index is 0.341. The van der Waals surface area contributed by atoms with Crippen LogP contribution in [0.25, 0.3) is 10.9 Å². The molecule has 0 radical (unpaired) electrons. The molecule has 4 rings (SSSR count). The lowest BCUT2D eigenvalue weighted by atomic mass is 9.85. The molecule has 2 aromatic rings. The highest BCUT2D eigenvalue weighted by Crippen LogP contribution is 2.39. The van der Waals surface area contributed by atoms with Crippen molar-refractivity contribution < 1.29 is 4.79 Å². The third-order valence-electron chi connectivity index (χ3n) is 5.15. The molecule has 1 aromatic carbocycles. The molecule has 2 saturated heterocycles. The first kappa shape index (κ1) is 14.3. The Bertz CT molecular complexity index is 769. The van der Waals surface area contributed by atoms with Crippen LogP contribution in [0.2, 0.25) is 0 Å². The molecule has 5 nitrogen and oxygen atoms in total. The minimum absolute atomic E-state index is 0.341. The summed E-state index contributed by atoms with van der Waals surface area (Å²) in [5.74, 6) is 1.47. The fourth-order valence-electron chi connectivity index (χ4n) is 4.01. The van der Waals surface area contributed by atoms with Crippen molar-refractivity contribution in [2.24, 2.45) is 7.05 Å². The van der Waals surface area contributed by atoms with Gasteiger partial charge in [-0.25, -0.2) is 0 Å². The number of nitrogens with zero attached hydrogens (tertiary/aromatic N) is 3. The van der Waals surface area contributed by atoms with Crippen molar-refractivity contribution in [3.8, 4) is 0 Å². The van der Waals surface area contributed by atoms with Gasteiger partial charge in [0.2, 0.25) is 5.91 Å². The number of hydrogen-bond donors (Lipinski definition) is 1. The van der Waals surface area contributed by atoms with Gasteiger partial charge in [-0.15, -0.1) is 0 Å². The molecule has 2 unspecified atom stereocenters. The van der Waals surface area contributed by atoms with Gasteiger partial charge in [0.05, 0.1) is 10.9 Å². The minimum Gasteiger partial charge on any atom is -0.382 e. The van der Waals surface area contributed by atoms with Gasteiger partial charge in [0.15, 0.2) is 5.82 Å². The van der Waals surface area contributed by atoms with E-state index in [2.05, 4.69) is 44.7 Å². The molecule has 1 aromatic heterocycles. The third-order valence-corrected chi connectivity index (χ3v) is 6.00. The van der Waals surface area contributed by atoms with E-state index in [-0.39, 0.29) is 0 Å². The molecular formula is C16H19IN4O. The van der Waals surface area contributed by atoms with Crippen molar-refractivity contribution in [1.82, 2.24) is 14.7 Å². The van der Waals surface area contributed by atoms with Crippen molar-refractivity contribution in [3.05, 3.63) is 21.3 Å². The molecule has 116 valence electrons. The number of benzene rings is 1. The maximum Gasteiger partial charge on any atom is 0.222 e. The van der Waals surface area contributed by atoms with Crippen molar-refractivity contribution in [2.45, 2.75) is 37.6 Å². The molecule has 2 N–H and O–H groups in total. The van der Waals surface area contributed by atoms with E-state index in [9.17, 15) is 4.79 Å². The number of carbonyl (C=O) groups is 1. The smallest absolute Gasteiger partial charge is 0.222 e. The lowest BCUT2D eigenvalue weighted by Gasteiger charge is -2.35. The standard InChI is InChI=1S/C16H19IN4O/c1-20-13-8-10(7-12(17)15(13)16(18)19-20)9-4-5-21-11(6-9)2-3-14(21)22/h7-9,11H,2-6H2,1H3,(H2,18,19). The normalized spacial score (nSPS) is 25.0. The van der Waals surface area contributed by atoms with Crippen LogP contribution in [0.5, 0.6) is 0 Å². The zero-order valence-electron chi connectivity index (χ0n) is 12.6. The number of anilines is 1. The van der Waals surface area contributed by atoms with Crippen LogP contribution < -0.4 is 5.73 Å². The van der Waals surface area contributed by atoms with Gasteiger partial charge in [-0.1, -0.05) is 0 Å². The second-order valence-corrected chi connectivity index (χ2v) is 7.57. The maximum atomic E-state index is 11.8. The summed E-state index contributed by atoms with van der Waals surface area (Å²) in [6.45, 7) is 0.899. The number of amides is 1. The van der Waals surface area contributed by atoms with Crippen LogP contribution in [-0.2, 0) is 11.8 Å². The molecule has 0 spiro atoms. The molecule has 3 heterocycles. The second-order valence-electron chi connectivity index (χ2n) is 6.41. The van der Waals surface area contributed by atoms with Crippen molar-refractivity contribution in [3.63, 3.8) is 0 Å². The summed E-state index contributed by atoms with van der Waals surface area (Å²) in [6, 6.07) is 4.92. The summed E-state index contributed by atoms with van der Waals surface area (Å²) in [4.78, 5) is 13.9. The first-order valence-electron chi connectivity index (χ1n) is 7.75. The highest BCUT2D eigenvalue weighted by Gasteiger charge is 2.36. The summed E-state index contributed by atoms with van der Waals surface area (Å²) >= 11 is 2.36. The first-order valence-corrected chi connectivity index (χ1v) is 8.83. The topological polar surface area (TPSA) is 64.2 Å². The number of hydrogen-bond acceptors (Lipinski definition) is 3. The Morgan fingerprint density at radius 1 is 1.36 bits per heavy atom. The van der Waals surface area contributed by atoms with E-state index >= 15 is 0 Å². The number of nitrogens with two attached hydrogens (primary N) is 1. The molecule has 22 heavy (non-hydrogen) atoms. The molecular weight excluding hydrogens is 391 g/mol. The van der Waals surface area contributed by atoms with Crippen molar-refractivity contribution >= 4 is 45.2 Å². The third kappa shape index (κ3) is 2.11. The molecule has 6 heteroatoms. The number of rotatable bonds is 1. The Hall–Kier alpha value is -1.31. The maximum absolute atomic E-state index is 11.8. The van der Waals surface area contributed by atoms with Crippen LogP contribution in [0.3, 0.4) is 0 Å². The van der Waals surface area contributed by atoms with Crippen LogP contribution in [0.4, 0.5) is 5.82 Å². The van der Waals surface area contributed by atoms with Crippen molar-refractivity contribution in [1.29, 1.82) is 0 Å². The predicted molar refractivity (Wildman–Crippen MR) is 94.6 cm³/mol. The van der Waals surface area contributed by atoms with Gasteiger partial charge in [0.25, 0.3) is 0 Å². The predicted octanol–water partition coefficient (Wildman–Crippen LogP) is 2.63. The summed E-state index contributed by atoms with van der Waals surface area (Å²) in [5, 5.41) is 5.39. The van der Waals surface area contributed by atoms with E-state index in [1.54, 1.807) is 0 Å². The first-order chi connectivity index (χ1) is 10.5. The fraction of sp³-hybridized carbons (Fsp3) is 0.500. The Kier molecular flexibility index (Phi) is 3.32. The van der Waals surface area contributed by atoms with Crippen LogP contribution in [-0.4, -0.2) is 33.2 Å². The van der Waals surface area contributed by atoms with Gasteiger partial charge >= 0.3 is 0 Å². The van der Waals surface area contributed by atoms with Gasteiger partial charge in [-0.2, -0.15) is 5.10 Å². The Morgan fingerprint density at radius 2 is 2.18 bits per heavy atom. The van der Waals surface area contributed by atoms with Gasteiger partial charge in [0.1, 0.15) is 0 Å². The SMILES string of the molecule is Cn1nc(N)c2c(I)cc(C3CCN4C(=O)CCC4C3)cc21. The average Bonchev–Trinajstić information content (AvgIpc) is 3.00. The molecule has 2 atom stereocenters. The van der Waals surface area contributed by atoms with Gasteiger partial charge in [-0.3, -0.25) is 9.48 Å². The van der Waals surface area contributed by atoms with Crippen LogP contribution in [0.1, 0.15) is 37.2 Å². The van der Waals surface area contributed by atoms with E-state index in [1.165, 1.54) is 9.13 Å². The average molecular weight is 410 g/mol. The lowest BCUT2D eigenvalue weighted by Crippen LogP contribution is -2.39. The zero-order chi connectivity index (χ0) is 15.4. The zero-order valence-corrected chi connectivity index (χ0v) is 14.7. The Morgan fingerprint density at radius 3 is 3.00 bits per heavy atom. The van der Waals surface area contributed by atoms with Crippen molar-refractivity contribution in [2.75, 3.05) is 12.3 Å².